The number of nitrogen functional groups attached to an aromatic ring is 1. The normalized spacial score (nSPS) is 10.9. The lowest BCUT2D eigenvalue weighted by molar-refractivity contribution is 0.439. The van der Waals surface area contributed by atoms with Crippen molar-refractivity contribution in [3.05, 3.63) is 41.7 Å². The third-order valence-electron chi connectivity index (χ3n) is 2.95. The van der Waals surface area contributed by atoms with Crippen LogP contribution in [0.3, 0.4) is 0 Å². The highest BCUT2D eigenvalue weighted by molar-refractivity contribution is 5.87. The summed E-state index contributed by atoms with van der Waals surface area (Å²) in [5.74, 6) is -1.41. The summed E-state index contributed by atoms with van der Waals surface area (Å²) in [6, 6.07) is 3.13. The fourth-order valence-electron chi connectivity index (χ4n) is 2.05. The summed E-state index contributed by atoms with van der Waals surface area (Å²) in [7, 11) is 0. The first kappa shape index (κ1) is 12.3. The molecule has 20 heavy (non-hydrogen) atoms. The van der Waals surface area contributed by atoms with Crippen LogP contribution in [0.2, 0.25) is 0 Å². The summed E-state index contributed by atoms with van der Waals surface area (Å²) < 4.78 is 31.7. The van der Waals surface area contributed by atoms with Gasteiger partial charge in [-0.25, -0.2) is 8.78 Å². The molecule has 0 spiro atoms. The van der Waals surface area contributed by atoms with Crippen molar-refractivity contribution in [2.45, 2.75) is 6.92 Å². The summed E-state index contributed by atoms with van der Waals surface area (Å²) in [5.41, 5.74) is 8.12. The number of nitrogens with zero attached hydrogens (tertiary/aromatic N) is 2. The first-order chi connectivity index (χ1) is 9.56. The Morgan fingerprint density at radius 1 is 1.20 bits per heavy atom. The summed E-state index contributed by atoms with van der Waals surface area (Å²) in [6.07, 6.45) is 1.55. The number of anilines is 1. The van der Waals surface area contributed by atoms with Crippen molar-refractivity contribution in [2.75, 3.05) is 5.73 Å². The van der Waals surface area contributed by atoms with E-state index in [1.54, 1.807) is 13.1 Å². The average Bonchev–Trinajstić information content (AvgIpc) is 2.93. The van der Waals surface area contributed by atoms with Gasteiger partial charge in [0.05, 0.1) is 11.8 Å². The lowest BCUT2D eigenvalue weighted by Gasteiger charge is -2.03. The third kappa shape index (κ3) is 1.93. The van der Waals surface area contributed by atoms with Crippen LogP contribution in [0, 0.1) is 18.6 Å². The molecule has 0 aliphatic heterocycles. The number of hydrogen-bond donors (Lipinski definition) is 2. The summed E-state index contributed by atoms with van der Waals surface area (Å²) in [4.78, 5) is 0. The Hall–Kier alpha value is -2.70. The van der Waals surface area contributed by atoms with Gasteiger partial charge in [0.15, 0.2) is 0 Å². The molecule has 1 aromatic carbocycles. The van der Waals surface area contributed by atoms with Gasteiger partial charge in [0.2, 0.25) is 5.88 Å². The molecule has 0 aliphatic rings. The van der Waals surface area contributed by atoms with E-state index in [4.69, 9.17) is 10.3 Å². The van der Waals surface area contributed by atoms with Crippen molar-refractivity contribution in [2.24, 2.45) is 0 Å². The van der Waals surface area contributed by atoms with Crippen molar-refractivity contribution >= 4 is 5.88 Å². The predicted octanol–water partition coefficient (Wildman–Crippen LogP) is 2.90. The number of halogens is 2. The molecule has 0 saturated carbocycles. The second-order valence-electron chi connectivity index (χ2n) is 4.34. The van der Waals surface area contributed by atoms with Crippen LogP contribution in [0.1, 0.15) is 5.69 Å². The maximum atomic E-state index is 13.4. The fraction of sp³-hybridized carbons (Fsp3) is 0.0769. The van der Waals surface area contributed by atoms with Gasteiger partial charge in [-0.15, -0.1) is 0 Å². The fourth-order valence-corrected chi connectivity index (χ4v) is 2.05. The van der Waals surface area contributed by atoms with Gasteiger partial charge in [-0.3, -0.25) is 5.10 Å². The number of aryl methyl sites for hydroxylation is 1. The van der Waals surface area contributed by atoms with Gasteiger partial charge in [-0.05, 0) is 24.6 Å². The number of H-pyrrole nitrogens is 1. The van der Waals surface area contributed by atoms with Crippen LogP contribution >= 0.6 is 0 Å². The van der Waals surface area contributed by atoms with Gasteiger partial charge in [0.25, 0.3) is 0 Å². The van der Waals surface area contributed by atoms with Gasteiger partial charge < -0.3 is 10.3 Å². The molecule has 0 unspecified atom stereocenters. The highest BCUT2D eigenvalue weighted by Crippen LogP contribution is 2.37. The first-order valence-corrected chi connectivity index (χ1v) is 5.78. The Morgan fingerprint density at radius 2 is 1.90 bits per heavy atom. The summed E-state index contributed by atoms with van der Waals surface area (Å²) >= 11 is 0. The topological polar surface area (TPSA) is 80.7 Å². The number of aromatic nitrogens is 3. The number of aromatic amines is 1. The van der Waals surface area contributed by atoms with Gasteiger partial charge >= 0.3 is 0 Å². The van der Waals surface area contributed by atoms with Gasteiger partial charge in [0.1, 0.15) is 17.3 Å². The molecule has 0 amide bonds. The Kier molecular flexibility index (Phi) is 2.74. The Bertz CT molecular complexity index is 758. The largest absolute Gasteiger partial charge is 0.367 e. The molecule has 0 saturated heterocycles. The number of nitrogens with two attached hydrogens (primary N) is 1. The van der Waals surface area contributed by atoms with Crippen molar-refractivity contribution in [3.8, 4) is 22.4 Å². The molecule has 7 heteroatoms. The number of rotatable bonds is 2. The molecule has 102 valence electrons. The van der Waals surface area contributed by atoms with E-state index in [0.29, 0.717) is 16.8 Å². The Morgan fingerprint density at radius 3 is 2.50 bits per heavy atom. The molecule has 3 rings (SSSR count). The van der Waals surface area contributed by atoms with Crippen molar-refractivity contribution < 1.29 is 13.3 Å². The second kappa shape index (κ2) is 4.44. The van der Waals surface area contributed by atoms with Crippen LogP contribution in [0.4, 0.5) is 14.7 Å². The quantitative estimate of drug-likeness (QED) is 0.754. The van der Waals surface area contributed by atoms with Crippen LogP contribution < -0.4 is 5.73 Å². The van der Waals surface area contributed by atoms with E-state index in [0.717, 1.165) is 11.8 Å². The zero-order chi connectivity index (χ0) is 14.3. The molecule has 5 nitrogen and oxygen atoms in total. The van der Waals surface area contributed by atoms with E-state index < -0.39 is 11.6 Å². The van der Waals surface area contributed by atoms with Crippen LogP contribution in [-0.4, -0.2) is 15.4 Å². The molecule has 2 aromatic heterocycles. The molecular weight excluding hydrogens is 266 g/mol. The van der Waals surface area contributed by atoms with E-state index in [2.05, 4.69) is 15.4 Å². The highest BCUT2D eigenvalue weighted by Gasteiger charge is 2.20. The maximum absolute atomic E-state index is 13.4. The van der Waals surface area contributed by atoms with Crippen LogP contribution in [0.5, 0.6) is 0 Å². The minimum atomic E-state index is -0.699. The molecule has 3 N–H and O–H groups in total. The zero-order valence-corrected chi connectivity index (χ0v) is 10.4. The SMILES string of the molecule is Cc1[nH]ncc1-c1noc(N)c1-c1cc(F)cc(F)c1. The van der Waals surface area contributed by atoms with E-state index >= 15 is 0 Å². The van der Waals surface area contributed by atoms with E-state index in [1.165, 1.54) is 12.1 Å². The zero-order valence-electron chi connectivity index (χ0n) is 10.4. The molecule has 2 heterocycles. The molecule has 0 atom stereocenters. The lowest BCUT2D eigenvalue weighted by Crippen LogP contribution is -1.90. The van der Waals surface area contributed by atoms with E-state index in [1.807, 2.05) is 0 Å². The standard InChI is InChI=1S/C13H10F2N4O/c1-6-10(5-17-18-6)12-11(13(16)20-19-12)7-2-8(14)4-9(15)3-7/h2-5H,16H2,1H3,(H,17,18). The van der Waals surface area contributed by atoms with Crippen LogP contribution in [-0.2, 0) is 0 Å². The average molecular weight is 276 g/mol. The number of nitrogens with one attached hydrogen (secondary N) is 1. The maximum Gasteiger partial charge on any atom is 0.230 e. The van der Waals surface area contributed by atoms with Crippen molar-refractivity contribution in [1.82, 2.24) is 15.4 Å². The minimum absolute atomic E-state index is 0.00870. The minimum Gasteiger partial charge on any atom is -0.367 e. The number of benzene rings is 1. The van der Waals surface area contributed by atoms with Gasteiger partial charge in [-0.2, -0.15) is 5.10 Å². The number of hydrogen-bond acceptors (Lipinski definition) is 4. The van der Waals surface area contributed by atoms with Crippen molar-refractivity contribution in [1.29, 1.82) is 0 Å². The lowest BCUT2D eigenvalue weighted by atomic mass is 10.0. The monoisotopic (exact) mass is 276 g/mol. The molecule has 3 aromatic rings. The smallest absolute Gasteiger partial charge is 0.230 e. The Labute approximate surface area is 112 Å². The third-order valence-corrected chi connectivity index (χ3v) is 2.95. The molecule has 0 aliphatic carbocycles. The molecule has 0 bridgehead atoms. The molecule has 0 radical (unpaired) electrons. The first-order valence-electron chi connectivity index (χ1n) is 5.78. The predicted molar refractivity (Wildman–Crippen MR) is 68.6 cm³/mol. The van der Waals surface area contributed by atoms with Gasteiger partial charge in [0, 0.05) is 17.3 Å². The Balaban J connectivity index is 2.24. The van der Waals surface area contributed by atoms with Crippen molar-refractivity contribution in [3.63, 3.8) is 0 Å². The van der Waals surface area contributed by atoms with Crippen LogP contribution in [0.15, 0.2) is 28.9 Å². The van der Waals surface area contributed by atoms with E-state index in [-0.39, 0.29) is 11.4 Å². The molecule has 0 fully saturated rings. The summed E-state index contributed by atoms with van der Waals surface area (Å²) in [6.45, 7) is 1.79. The highest BCUT2D eigenvalue weighted by atomic mass is 19.1. The second-order valence-corrected chi connectivity index (χ2v) is 4.34. The van der Waals surface area contributed by atoms with E-state index in [9.17, 15) is 8.78 Å². The summed E-state index contributed by atoms with van der Waals surface area (Å²) in [5, 5.41) is 10.5. The van der Waals surface area contributed by atoms with Gasteiger partial charge in [-0.1, -0.05) is 5.16 Å². The molecular formula is C13H10F2N4O. The van der Waals surface area contributed by atoms with Crippen LogP contribution in [0.25, 0.3) is 22.4 Å².